The third kappa shape index (κ3) is 5.57. The van der Waals surface area contributed by atoms with Crippen molar-refractivity contribution in [2.45, 2.75) is 39.9 Å². The normalized spacial score (nSPS) is 12.9. The largest absolute Gasteiger partial charge is 0.328 e. The highest BCUT2D eigenvalue weighted by Crippen LogP contribution is 2.07. The monoisotopic (exact) mass is 200 g/mol. The number of hydrogen-bond acceptors (Lipinski definition) is 3. The summed E-state index contributed by atoms with van der Waals surface area (Å²) in [6, 6.07) is 0. The van der Waals surface area contributed by atoms with Gasteiger partial charge in [-0.3, -0.25) is 4.79 Å². The van der Waals surface area contributed by atoms with E-state index in [9.17, 15) is 4.79 Å². The first kappa shape index (κ1) is 12.4. The molecule has 0 heterocycles. The van der Waals surface area contributed by atoms with Gasteiger partial charge < -0.3 is 4.67 Å². The van der Waals surface area contributed by atoms with Crippen LogP contribution in [0, 0.1) is 0 Å². The second-order valence-corrected chi connectivity index (χ2v) is 9.40. The third-order valence-electron chi connectivity index (χ3n) is 1.80. The lowest BCUT2D eigenvalue weighted by Gasteiger charge is -2.27. The summed E-state index contributed by atoms with van der Waals surface area (Å²) in [6.45, 7) is 10.2. The predicted molar refractivity (Wildman–Crippen MR) is 59.5 cm³/mol. The molecule has 0 aromatic carbocycles. The second-order valence-electron chi connectivity index (χ2n) is 4.41. The van der Waals surface area contributed by atoms with Gasteiger partial charge in [-0.25, -0.2) is 0 Å². The van der Waals surface area contributed by atoms with Crippen LogP contribution < -0.4 is 0 Å². The van der Waals surface area contributed by atoms with Crippen molar-refractivity contribution in [2.24, 2.45) is 5.10 Å². The van der Waals surface area contributed by atoms with E-state index >= 15 is 0 Å². The van der Waals surface area contributed by atoms with Crippen molar-refractivity contribution >= 4 is 19.7 Å². The highest BCUT2D eigenvalue weighted by atomic mass is 28.3. The van der Waals surface area contributed by atoms with E-state index in [0.29, 0.717) is 6.42 Å². The molecule has 0 spiro atoms. The van der Waals surface area contributed by atoms with Crippen LogP contribution in [0.1, 0.15) is 20.3 Å². The van der Waals surface area contributed by atoms with E-state index in [2.05, 4.69) is 24.7 Å². The molecule has 0 unspecified atom stereocenters. The van der Waals surface area contributed by atoms with E-state index in [4.69, 9.17) is 0 Å². The molecule has 13 heavy (non-hydrogen) atoms. The molecule has 0 bridgehead atoms. The average Bonchev–Trinajstić information content (AvgIpc) is 1.82. The standard InChI is InChI=1S/C9H20N2OSi/c1-8(7-9(2)12)10-11(3)13(4,5)6/h7H2,1-6H3. The molecule has 0 saturated heterocycles. The minimum Gasteiger partial charge on any atom is -0.328 e. The topological polar surface area (TPSA) is 32.7 Å². The van der Waals surface area contributed by atoms with E-state index in [-0.39, 0.29) is 5.78 Å². The fourth-order valence-electron chi connectivity index (χ4n) is 0.802. The van der Waals surface area contributed by atoms with Crippen LogP contribution in [-0.2, 0) is 4.79 Å². The highest BCUT2D eigenvalue weighted by Gasteiger charge is 2.18. The van der Waals surface area contributed by atoms with E-state index in [1.54, 1.807) is 6.92 Å². The summed E-state index contributed by atoms with van der Waals surface area (Å²) in [6.07, 6.45) is 0.467. The fraction of sp³-hybridized carbons (Fsp3) is 0.778. The van der Waals surface area contributed by atoms with Crippen LogP contribution in [0.25, 0.3) is 0 Å². The smallest absolute Gasteiger partial charge is 0.168 e. The summed E-state index contributed by atoms with van der Waals surface area (Å²) in [4.78, 5) is 10.8. The molecule has 76 valence electrons. The summed E-state index contributed by atoms with van der Waals surface area (Å²) in [5, 5.41) is 4.38. The maximum Gasteiger partial charge on any atom is 0.168 e. The Morgan fingerprint density at radius 2 is 1.77 bits per heavy atom. The number of carbonyl (C=O) groups is 1. The van der Waals surface area contributed by atoms with Crippen molar-refractivity contribution < 1.29 is 4.79 Å². The summed E-state index contributed by atoms with van der Waals surface area (Å²) < 4.78 is 2.02. The molecule has 0 rings (SSSR count). The zero-order valence-corrected chi connectivity index (χ0v) is 10.5. The third-order valence-corrected chi connectivity index (χ3v) is 3.84. The molecule has 0 N–H and O–H groups in total. The quantitative estimate of drug-likeness (QED) is 0.395. The maximum atomic E-state index is 10.8. The van der Waals surface area contributed by atoms with Gasteiger partial charge in [0.25, 0.3) is 0 Å². The van der Waals surface area contributed by atoms with Crippen molar-refractivity contribution in [3.63, 3.8) is 0 Å². The summed E-state index contributed by atoms with van der Waals surface area (Å²) in [5.41, 5.74) is 0.900. The fourth-order valence-corrected chi connectivity index (χ4v) is 1.27. The molecule has 0 aliphatic carbocycles. The van der Waals surface area contributed by atoms with Gasteiger partial charge in [0, 0.05) is 19.2 Å². The van der Waals surface area contributed by atoms with Crippen molar-refractivity contribution in [3.8, 4) is 0 Å². The Morgan fingerprint density at radius 3 is 2.08 bits per heavy atom. The van der Waals surface area contributed by atoms with Gasteiger partial charge in [-0.2, -0.15) is 5.10 Å². The molecule has 0 aromatic heterocycles. The van der Waals surface area contributed by atoms with Gasteiger partial charge >= 0.3 is 0 Å². The Labute approximate surface area is 81.9 Å². The Hall–Kier alpha value is -0.643. The summed E-state index contributed by atoms with van der Waals surface area (Å²) >= 11 is 0. The SMILES string of the molecule is CC(=O)CC(C)=NN(C)[Si](C)(C)C. The van der Waals surface area contributed by atoms with Gasteiger partial charge in [-0.05, 0) is 13.8 Å². The van der Waals surface area contributed by atoms with Crippen LogP contribution in [0.2, 0.25) is 19.6 Å². The summed E-state index contributed by atoms with van der Waals surface area (Å²) in [5.74, 6) is 0.172. The number of rotatable bonds is 4. The van der Waals surface area contributed by atoms with Gasteiger partial charge in [0.2, 0.25) is 0 Å². The number of ketones is 1. The lowest BCUT2D eigenvalue weighted by atomic mass is 10.2. The van der Waals surface area contributed by atoms with E-state index in [1.807, 2.05) is 18.6 Å². The molecule has 4 heteroatoms. The number of nitrogens with zero attached hydrogens (tertiary/aromatic N) is 2. The molecule has 0 amide bonds. The van der Waals surface area contributed by atoms with Gasteiger partial charge in [0.05, 0.1) is 0 Å². The van der Waals surface area contributed by atoms with Crippen molar-refractivity contribution in [3.05, 3.63) is 0 Å². The maximum absolute atomic E-state index is 10.8. The van der Waals surface area contributed by atoms with Gasteiger partial charge in [-0.1, -0.05) is 19.6 Å². The molecule has 0 fully saturated rings. The Kier molecular flexibility index (Phi) is 4.33. The van der Waals surface area contributed by atoms with Gasteiger partial charge in [0.1, 0.15) is 5.78 Å². The lowest BCUT2D eigenvalue weighted by molar-refractivity contribution is -0.115. The average molecular weight is 200 g/mol. The Morgan fingerprint density at radius 1 is 1.31 bits per heavy atom. The van der Waals surface area contributed by atoms with E-state index in [1.165, 1.54) is 0 Å². The summed E-state index contributed by atoms with van der Waals surface area (Å²) in [7, 11) is 0.642. The minimum atomic E-state index is -1.34. The molecule has 0 aliphatic rings. The van der Waals surface area contributed by atoms with Crippen LogP contribution in [0.15, 0.2) is 5.10 Å². The van der Waals surface area contributed by atoms with Crippen LogP contribution in [0.3, 0.4) is 0 Å². The molecule has 0 radical (unpaired) electrons. The highest BCUT2D eigenvalue weighted by molar-refractivity contribution is 6.73. The first-order valence-corrected chi connectivity index (χ1v) is 7.95. The molecule has 0 saturated carbocycles. The molecule has 0 aromatic rings. The van der Waals surface area contributed by atoms with Crippen LogP contribution in [0.4, 0.5) is 0 Å². The first-order valence-electron chi connectivity index (χ1n) is 4.51. The molecule has 0 atom stereocenters. The zero-order valence-electron chi connectivity index (χ0n) is 9.51. The minimum absolute atomic E-state index is 0.172. The number of hydrogen-bond donors (Lipinski definition) is 0. The lowest BCUT2D eigenvalue weighted by Crippen LogP contribution is -2.39. The van der Waals surface area contributed by atoms with Crippen molar-refractivity contribution in [1.82, 2.24) is 4.67 Å². The van der Waals surface area contributed by atoms with E-state index in [0.717, 1.165) is 5.71 Å². The Balaban J connectivity index is 4.30. The first-order chi connectivity index (χ1) is 5.73. The number of hydrazone groups is 1. The molecule has 3 nitrogen and oxygen atoms in total. The van der Waals surface area contributed by atoms with Crippen molar-refractivity contribution in [1.29, 1.82) is 0 Å². The molecular weight excluding hydrogens is 180 g/mol. The van der Waals surface area contributed by atoms with E-state index < -0.39 is 8.24 Å². The van der Waals surface area contributed by atoms with Crippen molar-refractivity contribution in [2.75, 3.05) is 7.05 Å². The zero-order chi connectivity index (χ0) is 10.6. The van der Waals surface area contributed by atoms with Gasteiger partial charge in [0.15, 0.2) is 8.24 Å². The molecule has 0 aliphatic heterocycles. The van der Waals surface area contributed by atoms with Gasteiger partial charge in [-0.15, -0.1) is 0 Å². The van der Waals surface area contributed by atoms with Crippen LogP contribution in [-0.4, -0.2) is 31.5 Å². The number of Topliss-reactive ketones (excluding diaryl/α,β-unsaturated/α-hetero) is 1. The van der Waals surface area contributed by atoms with Crippen LogP contribution in [0.5, 0.6) is 0 Å². The number of carbonyl (C=O) groups excluding carboxylic acids is 1. The van der Waals surface area contributed by atoms with Crippen LogP contribution >= 0.6 is 0 Å². The predicted octanol–water partition coefficient (Wildman–Crippen LogP) is 2.11. The molecular formula is C9H20N2OSi. The Bertz CT molecular complexity index is 218. The second kappa shape index (κ2) is 4.55.